The van der Waals surface area contributed by atoms with Crippen LogP contribution in [0, 0.1) is 0 Å². The molecule has 0 saturated heterocycles. The summed E-state index contributed by atoms with van der Waals surface area (Å²) in [6.45, 7) is 0. The van der Waals surface area contributed by atoms with Crippen molar-refractivity contribution in [1.82, 2.24) is 3.80 Å². The van der Waals surface area contributed by atoms with Crippen LogP contribution in [0.15, 0.2) is 0 Å². The molecule has 0 bridgehead atoms. The Bertz CT molecular complexity index is 128. The van der Waals surface area contributed by atoms with E-state index in [2.05, 4.69) is 0 Å². The zero-order valence-electron chi connectivity index (χ0n) is 3.07. The second-order valence-corrected chi connectivity index (χ2v) is 3.35. The molecule has 0 aliphatic rings. The van der Waals surface area contributed by atoms with Crippen molar-refractivity contribution in [1.29, 1.82) is 0 Å². The Balaban J connectivity index is 3.60. The van der Waals surface area contributed by atoms with Crippen LogP contribution < -0.4 is 3.80 Å². The molecule has 0 radical (unpaired) electrons. The average Bonchev–Trinajstić information content (AvgIpc) is 1.30. The van der Waals surface area contributed by atoms with Crippen LogP contribution in [0.1, 0.15) is 0 Å². The minimum atomic E-state index is -3.97. The Hall–Kier alpha value is 0.794. The summed E-state index contributed by atoms with van der Waals surface area (Å²) in [6, 6.07) is 0. The van der Waals surface area contributed by atoms with E-state index >= 15 is 0 Å². The van der Waals surface area contributed by atoms with Crippen molar-refractivity contribution in [2.24, 2.45) is 0 Å². The summed E-state index contributed by atoms with van der Waals surface area (Å²) in [7, 11) is -1.94. The first-order chi connectivity index (χ1) is 3.06. The summed E-state index contributed by atoms with van der Waals surface area (Å²) in [6.07, 6.45) is 0. The summed E-state index contributed by atoms with van der Waals surface area (Å²) in [4.78, 5) is 0. The van der Waals surface area contributed by atoms with Gasteiger partial charge < -0.3 is 0 Å². The van der Waals surface area contributed by atoms with Gasteiger partial charge in [0.1, 0.15) is 0 Å². The Morgan fingerprint density at radius 1 is 1.71 bits per heavy atom. The third-order valence-corrected chi connectivity index (χ3v) is 2.39. The SMILES string of the molecule is O=S(=O)(O)[NH][Ni][PH2]. The van der Waals surface area contributed by atoms with Gasteiger partial charge in [-0.25, -0.2) is 0 Å². The Morgan fingerprint density at radius 3 is 2.14 bits per heavy atom. The molecule has 48 valence electrons. The topological polar surface area (TPSA) is 66.4 Å². The van der Waals surface area contributed by atoms with Crippen LogP contribution >= 0.6 is 8.01 Å². The Morgan fingerprint density at radius 2 is 2.14 bits per heavy atom. The third kappa shape index (κ3) is 6.79. The van der Waals surface area contributed by atoms with Gasteiger partial charge in [0.05, 0.1) is 0 Å². The molecule has 0 aliphatic heterocycles. The van der Waals surface area contributed by atoms with E-state index in [-0.39, 0.29) is 0 Å². The van der Waals surface area contributed by atoms with Gasteiger partial charge in [-0.05, 0) is 0 Å². The fourth-order valence-electron chi connectivity index (χ4n) is 0.0471. The predicted molar refractivity (Wildman–Crippen MR) is 24.4 cm³/mol. The molecule has 0 rings (SSSR count). The van der Waals surface area contributed by atoms with E-state index in [1.807, 2.05) is 8.01 Å². The van der Waals surface area contributed by atoms with Gasteiger partial charge in [-0.2, -0.15) is 0 Å². The Kier molecular flexibility index (Phi) is 3.28. The summed E-state index contributed by atoms with van der Waals surface area (Å²) in [5.41, 5.74) is 0. The normalized spacial score (nSPS) is 12.3. The first-order valence-electron chi connectivity index (χ1n) is 1.06. The first-order valence-corrected chi connectivity index (χ1v) is 5.07. The third-order valence-electron chi connectivity index (χ3n) is 0.119. The van der Waals surface area contributed by atoms with Gasteiger partial charge in [0, 0.05) is 0 Å². The van der Waals surface area contributed by atoms with Crippen LogP contribution in [-0.2, 0) is 24.5 Å². The van der Waals surface area contributed by atoms with Gasteiger partial charge in [-0.1, -0.05) is 0 Å². The molecule has 0 spiro atoms. The van der Waals surface area contributed by atoms with E-state index < -0.39 is 10.3 Å². The fraction of sp³-hybridized carbons (Fsp3) is 0. The number of nitrogens with one attached hydrogen (secondary N) is 1. The molecule has 7 heavy (non-hydrogen) atoms. The van der Waals surface area contributed by atoms with E-state index in [1.165, 1.54) is 0 Å². The van der Waals surface area contributed by atoms with Crippen molar-refractivity contribution >= 4 is 18.3 Å². The maximum absolute atomic E-state index is 9.65. The zero-order valence-corrected chi connectivity index (χ0v) is 6.02. The van der Waals surface area contributed by atoms with E-state index in [9.17, 15) is 8.42 Å². The predicted octanol–water partition coefficient (Wildman–Crippen LogP) is -0.834. The molecule has 7 heteroatoms. The van der Waals surface area contributed by atoms with Crippen molar-refractivity contribution in [3.05, 3.63) is 0 Å². The second kappa shape index (κ2) is 2.95. The van der Waals surface area contributed by atoms with E-state index in [0.29, 0.717) is 14.2 Å². The molecule has 0 fully saturated rings. The van der Waals surface area contributed by atoms with Crippen molar-refractivity contribution in [3.8, 4) is 0 Å². The Labute approximate surface area is 49.8 Å². The molecule has 4 nitrogen and oxygen atoms in total. The monoisotopic (exact) mass is 187 g/mol. The second-order valence-electron chi connectivity index (χ2n) is 0.631. The van der Waals surface area contributed by atoms with Gasteiger partial charge in [-0.3, -0.25) is 0 Å². The summed E-state index contributed by atoms with van der Waals surface area (Å²) in [5.74, 6) is 0. The molecule has 0 aromatic rings. The molecule has 0 heterocycles. The molecule has 0 amide bonds. The van der Waals surface area contributed by atoms with Crippen LogP contribution in [0.4, 0.5) is 0 Å². The molecule has 0 aromatic heterocycles. The van der Waals surface area contributed by atoms with Crippen LogP contribution in [-0.4, -0.2) is 13.0 Å². The minimum absolute atomic E-state index is 0.587. The molecular formula is H4NNiO3PS. The molecule has 0 aromatic carbocycles. The molecule has 0 aliphatic carbocycles. The van der Waals surface area contributed by atoms with Crippen LogP contribution in [0.3, 0.4) is 0 Å². The van der Waals surface area contributed by atoms with Crippen LogP contribution in [0.5, 0.6) is 0 Å². The number of hydrogen-bond donors (Lipinski definition) is 2. The quantitative estimate of drug-likeness (QED) is 0.337. The average molecular weight is 188 g/mol. The van der Waals surface area contributed by atoms with Crippen molar-refractivity contribution in [2.75, 3.05) is 0 Å². The molecule has 1 unspecified atom stereocenters. The molecule has 0 saturated carbocycles. The van der Waals surface area contributed by atoms with Gasteiger partial charge in [-0.15, -0.1) is 0 Å². The van der Waals surface area contributed by atoms with E-state index in [0.717, 1.165) is 0 Å². The molecular weight excluding hydrogens is 184 g/mol. The summed E-state index contributed by atoms with van der Waals surface area (Å²) < 4.78 is 28.9. The van der Waals surface area contributed by atoms with Gasteiger partial charge >= 0.3 is 49.3 Å². The van der Waals surface area contributed by atoms with Crippen LogP contribution in [0.25, 0.3) is 0 Å². The first kappa shape index (κ1) is 7.79. The summed E-state index contributed by atoms with van der Waals surface area (Å²) in [5, 5.41) is 0. The van der Waals surface area contributed by atoms with Crippen molar-refractivity contribution in [3.63, 3.8) is 0 Å². The molecule has 2 N–H and O–H groups in total. The van der Waals surface area contributed by atoms with Crippen molar-refractivity contribution < 1.29 is 27.2 Å². The fourth-order valence-corrected chi connectivity index (χ4v) is 1.75. The van der Waals surface area contributed by atoms with Crippen molar-refractivity contribution in [2.45, 2.75) is 0 Å². The van der Waals surface area contributed by atoms with Gasteiger partial charge in [0.2, 0.25) is 0 Å². The maximum atomic E-state index is 9.65. The van der Waals surface area contributed by atoms with Gasteiger partial charge in [0.15, 0.2) is 0 Å². The van der Waals surface area contributed by atoms with Gasteiger partial charge in [0.25, 0.3) is 0 Å². The van der Waals surface area contributed by atoms with Crippen LogP contribution in [0.2, 0.25) is 0 Å². The number of rotatable bonds is 2. The number of hydrogen-bond acceptors (Lipinski definition) is 2. The molecule has 1 atom stereocenters. The van der Waals surface area contributed by atoms with E-state index in [4.69, 9.17) is 4.55 Å². The zero-order chi connectivity index (χ0) is 5.91. The standard InChI is InChI=1S/H2NO3S.Ni.H2P/c1-5(2,3)4;;/h(H2-,1,2,3,4);;1H2/q-1;+2;-1. The summed E-state index contributed by atoms with van der Waals surface area (Å²) >= 11 is 0.587. The van der Waals surface area contributed by atoms with E-state index in [1.54, 1.807) is 3.80 Å².